The zero-order valence-corrected chi connectivity index (χ0v) is 19.7. The first kappa shape index (κ1) is 23.0. The van der Waals surface area contributed by atoms with Crippen LogP contribution in [0.4, 0.5) is 5.13 Å². The number of aromatic nitrogens is 2. The molecule has 0 saturated heterocycles. The Morgan fingerprint density at radius 1 is 1.16 bits per heavy atom. The fourth-order valence-corrected chi connectivity index (χ4v) is 4.96. The van der Waals surface area contributed by atoms with Gasteiger partial charge in [-0.2, -0.15) is 0 Å². The van der Waals surface area contributed by atoms with Crippen molar-refractivity contribution < 1.29 is 23.4 Å². The number of methoxy groups -OCH3 is 3. The monoisotopic (exact) mass is 463 g/mol. The molecule has 1 atom stereocenters. The average Bonchev–Trinajstić information content (AvgIpc) is 3.42. The average molecular weight is 464 g/mol. The van der Waals surface area contributed by atoms with Gasteiger partial charge < -0.3 is 23.9 Å². The highest BCUT2D eigenvalue weighted by Crippen LogP contribution is 2.39. The molecule has 31 heavy (non-hydrogen) atoms. The number of ether oxygens (including phenoxy) is 3. The van der Waals surface area contributed by atoms with Crippen LogP contribution in [0.5, 0.6) is 17.2 Å². The molecule has 0 aliphatic carbocycles. The maximum absolute atomic E-state index is 12.5. The number of benzene rings is 1. The van der Waals surface area contributed by atoms with Gasteiger partial charge in [-0.05, 0) is 24.6 Å². The smallest absolute Gasteiger partial charge is 0.230 e. The van der Waals surface area contributed by atoms with E-state index in [2.05, 4.69) is 15.3 Å². The van der Waals surface area contributed by atoms with Crippen molar-refractivity contribution in [1.82, 2.24) is 9.97 Å². The molecule has 8 nitrogen and oxygen atoms in total. The quantitative estimate of drug-likeness (QED) is 0.430. The second-order valence-electron chi connectivity index (χ2n) is 6.52. The normalized spacial score (nSPS) is 11.8. The Labute approximate surface area is 189 Å². The number of aryl methyl sites for hydroxylation is 1. The van der Waals surface area contributed by atoms with E-state index < -0.39 is 0 Å². The number of nitrogens with one attached hydrogen (secondary N) is 1. The van der Waals surface area contributed by atoms with Crippen LogP contribution in [0, 0.1) is 0 Å². The number of thioether (sulfide) groups is 1. The number of anilines is 1. The van der Waals surface area contributed by atoms with E-state index in [1.807, 2.05) is 13.8 Å². The van der Waals surface area contributed by atoms with Crippen LogP contribution in [-0.4, -0.2) is 37.2 Å². The number of oxazole rings is 1. The number of thiazole rings is 1. The summed E-state index contributed by atoms with van der Waals surface area (Å²) in [6.07, 6.45) is 4.46. The number of rotatable bonds is 10. The Kier molecular flexibility index (Phi) is 7.80. The fraction of sp³-hybridized carbons (Fsp3) is 0.381. The number of nitrogens with zero attached hydrogens (tertiary/aromatic N) is 2. The largest absolute Gasteiger partial charge is 0.493 e. The van der Waals surface area contributed by atoms with E-state index in [9.17, 15) is 4.79 Å². The summed E-state index contributed by atoms with van der Waals surface area (Å²) in [5, 5.41) is 3.42. The van der Waals surface area contributed by atoms with E-state index in [0.717, 1.165) is 22.0 Å². The second kappa shape index (κ2) is 10.5. The number of hydrogen-bond acceptors (Lipinski definition) is 9. The van der Waals surface area contributed by atoms with Gasteiger partial charge in [0, 0.05) is 6.42 Å². The highest BCUT2D eigenvalue weighted by molar-refractivity contribution is 8.01. The molecule has 1 amide bonds. The lowest BCUT2D eigenvalue weighted by molar-refractivity contribution is -0.115. The van der Waals surface area contributed by atoms with Gasteiger partial charge in [0.25, 0.3) is 0 Å². The summed E-state index contributed by atoms with van der Waals surface area (Å²) in [6.45, 7) is 4.05. The topological polar surface area (TPSA) is 95.7 Å². The molecule has 0 bridgehead atoms. The van der Waals surface area contributed by atoms with Crippen LogP contribution in [0.2, 0.25) is 0 Å². The Morgan fingerprint density at radius 2 is 1.87 bits per heavy atom. The Bertz CT molecular complexity index is 1010. The number of carbonyl (C=O) groups is 1. The minimum Gasteiger partial charge on any atom is -0.493 e. The molecular formula is C21H25N3O5S2. The minimum absolute atomic E-state index is 0.0449. The number of amides is 1. The van der Waals surface area contributed by atoms with E-state index in [1.165, 1.54) is 32.7 Å². The van der Waals surface area contributed by atoms with Crippen LogP contribution in [0.25, 0.3) is 0 Å². The third-order valence-corrected chi connectivity index (χ3v) is 6.52. The lowest BCUT2D eigenvalue weighted by Gasteiger charge is -2.13. The number of hydrogen-bond donors (Lipinski definition) is 1. The van der Waals surface area contributed by atoms with Crippen LogP contribution < -0.4 is 19.5 Å². The Morgan fingerprint density at radius 3 is 2.45 bits per heavy atom. The molecule has 3 rings (SSSR count). The molecular weight excluding hydrogens is 438 g/mol. The molecule has 0 saturated carbocycles. The van der Waals surface area contributed by atoms with E-state index in [0.29, 0.717) is 28.3 Å². The zero-order valence-electron chi connectivity index (χ0n) is 18.1. The molecule has 1 unspecified atom stereocenters. The van der Waals surface area contributed by atoms with Gasteiger partial charge in [0.2, 0.25) is 17.5 Å². The van der Waals surface area contributed by atoms with Crippen molar-refractivity contribution >= 4 is 34.1 Å². The van der Waals surface area contributed by atoms with E-state index in [-0.39, 0.29) is 17.6 Å². The SMILES string of the molecule is CCc1cnc(C(C)Sc2cnc(NC(=O)Cc3cc(OC)c(OC)c(OC)c3)s2)o1. The standard InChI is InChI=1S/C21H25N3O5S2/c1-6-14-10-22-20(29-14)12(2)30-18-11-23-21(31-18)24-17(25)9-13-7-15(26-3)19(28-5)16(8-13)27-4/h7-8,10-12H,6,9H2,1-5H3,(H,23,24,25). The van der Waals surface area contributed by atoms with Crippen LogP contribution >= 0.6 is 23.1 Å². The van der Waals surface area contributed by atoms with Crippen LogP contribution in [-0.2, 0) is 17.6 Å². The molecule has 0 spiro atoms. The molecule has 1 aromatic carbocycles. The van der Waals surface area contributed by atoms with Crippen molar-refractivity contribution in [3.05, 3.63) is 41.7 Å². The maximum Gasteiger partial charge on any atom is 0.230 e. The first-order valence-electron chi connectivity index (χ1n) is 9.63. The first-order chi connectivity index (χ1) is 15.0. The summed E-state index contributed by atoms with van der Waals surface area (Å²) < 4.78 is 22.7. The third kappa shape index (κ3) is 5.71. The van der Waals surface area contributed by atoms with Gasteiger partial charge in [0.05, 0.1) is 49.6 Å². The molecule has 166 valence electrons. The highest BCUT2D eigenvalue weighted by atomic mass is 32.2. The van der Waals surface area contributed by atoms with Gasteiger partial charge in [-0.3, -0.25) is 4.79 Å². The number of carbonyl (C=O) groups excluding carboxylic acids is 1. The molecule has 2 heterocycles. The van der Waals surface area contributed by atoms with Gasteiger partial charge in [0.15, 0.2) is 16.6 Å². The van der Waals surface area contributed by atoms with Gasteiger partial charge in [-0.15, -0.1) is 11.8 Å². The third-order valence-electron chi connectivity index (χ3n) is 4.38. The first-order valence-corrected chi connectivity index (χ1v) is 11.3. The molecule has 0 fully saturated rings. The predicted octanol–water partition coefficient (Wildman–Crippen LogP) is 4.75. The van der Waals surface area contributed by atoms with Gasteiger partial charge in [0.1, 0.15) is 5.76 Å². The van der Waals surface area contributed by atoms with E-state index in [1.54, 1.807) is 36.3 Å². The molecule has 3 aromatic rings. The summed E-state index contributed by atoms with van der Waals surface area (Å²) in [4.78, 5) is 21.2. The molecule has 0 aliphatic rings. The van der Waals surface area contributed by atoms with Gasteiger partial charge in [-0.25, -0.2) is 9.97 Å². The maximum atomic E-state index is 12.5. The lowest BCUT2D eigenvalue weighted by Crippen LogP contribution is -2.14. The summed E-state index contributed by atoms with van der Waals surface area (Å²) in [5.74, 6) is 2.86. The van der Waals surface area contributed by atoms with Crippen molar-refractivity contribution in [2.24, 2.45) is 0 Å². The van der Waals surface area contributed by atoms with Crippen molar-refractivity contribution in [1.29, 1.82) is 0 Å². The van der Waals surface area contributed by atoms with Crippen LogP contribution in [0.3, 0.4) is 0 Å². The van der Waals surface area contributed by atoms with Gasteiger partial charge in [-0.1, -0.05) is 18.3 Å². The molecule has 10 heteroatoms. The molecule has 0 radical (unpaired) electrons. The van der Waals surface area contributed by atoms with E-state index in [4.69, 9.17) is 18.6 Å². The summed E-state index contributed by atoms with van der Waals surface area (Å²) in [6, 6.07) is 3.51. The van der Waals surface area contributed by atoms with Crippen LogP contribution in [0.15, 0.2) is 33.2 Å². The van der Waals surface area contributed by atoms with Crippen molar-refractivity contribution in [2.75, 3.05) is 26.6 Å². The van der Waals surface area contributed by atoms with Crippen molar-refractivity contribution in [3.63, 3.8) is 0 Å². The Balaban J connectivity index is 1.62. The zero-order chi connectivity index (χ0) is 22.4. The van der Waals surface area contributed by atoms with Crippen molar-refractivity contribution in [3.8, 4) is 17.2 Å². The molecule has 0 aliphatic heterocycles. The molecule has 2 aromatic heterocycles. The lowest BCUT2D eigenvalue weighted by atomic mass is 10.1. The second-order valence-corrected chi connectivity index (χ2v) is 9.19. The van der Waals surface area contributed by atoms with Crippen molar-refractivity contribution in [2.45, 2.75) is 36.1 Å². The highest BCUT2D eigenvalue weighted by Gasteiger charge is 2.18. The Hall–Kier alpha value is -2.72. The van der Waals surface area contributed by atoms with E-state index >= 15 is 0 Å². The summed E-state index contributed by atoms with van der Waals surface area (Å²) in [5.41, 5.74) is 0.738. The predicted molar refractivity (Wildman–Crippen MR) is 121 cm³/mol. The summed E-state index contributed by atoms with van der Waals surface area (Å²) in [7, 11) is 4.62. The minimum atomic E-state index is -0.187. The van der Waals surface area contributed by atoms with Crippen LogP contribution in [0.1, 0.15) is 36.3 Å². The fourth-order valence-electron chi connectivity index (χ4n) is 2.86. The van der Waals surface area contributed by atoms with Gasteiger partial charge >= 0.3 is 0 Å². The summed E-state index contributed by atoms with van der Waals surface area (Å²) >= 11 is 3.00. The molecule has 1 N–H and O–H groups in total.